The van der Waals surface area contributed by atoms with Crippen LogP contribution in [0.2, 0.25) is 0 Å². The predicted molar refractivity (Wildman–Crippen MR) is 95.1 cm³/mol. The van der Waals surface area contributed by atoms with Gasteiger partial charge in [-0.1, -0.05) is 18.2 Å². The molecule has 0 aliphatic carbocycles. The lowest BCUT2D eigenvalue weighted by Gasteiger charge is -2.19. The van der Waals surface area contributed by atoms with E-state index in [2.05, 4.69) is 10.6 Å². The topological polar surface area (TPSA) is 87.7 Å². The molecule has 2 heterocycles. The van der Waals surface area contributed by atoms with Crippen molar-refractivity contribution in [1.29, 1.82) is 0 Å². The number of para-hydroxylation sites is 1. The van der Waals surface area contributed by atoms with Gasteiger partial charge in [0.15, 0.2) is 0 Å². The maximum atomic E-state index is 12.2. The average molecular weight is 353 g/mol. The SMILES string of the molecule is O=C(CN(Cc1ccco1)Cc1ccco1)NC(=O)Nc1ccccc1. The molecular weight excluding hydrogens is 334 g/mol. The second kappa shape index (κ2) is 8.68. The largest absolute Gasteiger partial charge is 0.468 e. The Morgan fingerprint density at radius 3 is 2.00 bits per heavy atom. The summed E-state index contributed by atoms with van der Waals surface area (Å²) in [6.07, 6.45) is 3.15. The molecule has 0 bridgehead atoms. The van der Waals surface area contributed by atoms with Crippen LogP contribution in [0, 0.1) is 0 Å². The fourth-order valence-corrected chi connectivity index (χ4v) is 2.47. The van der Waals surface area contributed by atoms with Crippen LogP contribution in [0.4, 0.5) is 10.5 Å². The van der Waals surface area contributed by atoms with Crippen molar-refractivity contribution < 1.29 is 18.4 Å². The molecule has 2 aromatic heterocycles. The van der Waals surface area contributed by atoms with Crippen LogP contribution in [0.3, 0.4) is 0 Å². The molecule has 134 valence electrons. The number of anilines is 1. The lowest BCUT2D eigenvalue weighted by molar-refractivity contribution is -0.121. The third-order valence-electron chi connectivity index (χ3n) is 3.57. The minimum atomic E-state index is -0.572. The van der Waals surface area contributed by atoms with E-state index in [9.17, 15) is 9.59 Å². The fourth-order valence-electron chi connectivity index (χ4n) is 2.47. The molecule has 0 saturated carbocycles. The van der Waals surface area contributed by atoms with E-state index >= 15 is 0 Å². The number of imide groups is 1. The number of nitrogens with one attached hydrogen (secondary N) is 2. The number of rotatable bonds is 7. The summed E-state index contributed by atoms with van der Waals surface area (Å²) in [7, 11) is 0. The van der Waals surface area contributed by atoms with Crippen LogP contribution < -0.4 is 10.6 Å². The highest BCUT2D eigenvalue weighted by atomic mass is 16.3. The smallest absolute Gasteiger partial charge is 0.325 e. The fraction of sp³-hybridized carbons (Fsp3) is 0.158. The van der Waals surface area contributed by atoms with Gasteiger partial charge in [-0.2, -0.15) is 0 Å². The third-order valence-corrected chi connectivity index (χ3v) is 3.57. The van der Waals surface area contributed by atoms with Gasteiger partial charge in [-0.05, 0) is 36.4 Å². The maximum Gasteiger partial charge on any atom is 0.325 e. The van der Waals surface area contributed by atoms with Crippen molar-refractivity contribution >= 4 is 17.6 Å². The Bertz CT molecular complexity index is 778. The lowest BCUT2D eigenvalue weighted by Crippen LogP contribution is -2.41. The van der Waals surface area contributed by atoms with E-state index in [0.29, 0.717) is 18.8 Å². The second-order valence-electron chi connectivity index (χ2n) is 5.67. The minimum Gasteiger partial charge on any atom is -0.468 e. The number of benzene rings is 1. The van der Waals surface area contributed by atoms with Crippen LogP contribution in [0.15, 0.2) is 76.0 Å². The molecule has 3 amide bonds. The molecule has 3 rings (SSSR count). The average Bonchev–Trinajstić information content (AvgIpc) is 3.29. The highest BCUT2D eigenvalue weighted by Gasteiger charge is 2.16. The van der Waals surface area contributed by atoms with Crippen molar-refractivity contribution in [3.63, 3.8) is 0 Å². The van der Waals surface area contributed by atoms with Crippen molar-refractivity contribution in [2.24, 2.45) is 0 Å². The predicted octanol–water partition coefficient (Wildman–Crippen LogP) is 3.22. The standard InChI is InChI=1S/C19H19N3O4/c23-18(21-19(24)20-15-6-2-1-3-7-15)14-22(12-16-8-4-10-25-16)13-17-9-5-11-26-17/h1-11H,12-14H2,(H2,20,21,23,24). The number of amides is 3. The summed E-state index contributed by atoms with van der Waals surface area (Å²) in [5, 5.41) is 4.94. The highest BCUT2D eigenvalue weighted by Crippen LogP contribution is 2.11. The van der Waals surface area contributed by atoms with E-state index in [4.69, 9.17) is 8.83 Å². The second-order valence-corrected chi connectivity index (χ2v) is 5.67. The van der Waals surface area contributed by atoms with Crippen LogP contribution in [-0.2, 0) is 17.9 Å². The zero-order valence-electron chi connectivity index (χ0n) is 14.1. The zero-order chi connectivity index (χ0) is 18.2. The summed E-state index contributed by atoms with van der Waals surface area (Å²) in [5.74, 6) is 1.02. The first-order valence-electron chi connectivity index (χ1n) is 8.12. The molecule has 0 unspecified atom stereocenters. The molecule has 0 atom stereocenters. The molecule has 1 aromatic carbocycles. The molecule has 0 fully saturated rings. The Kier molecular flexibility index (Phi) is 5.84. The third kappa shape index (κ3) is 5.35. The van der Waals surface area contributed by atoms with Crippen LogP contribution in [0.5, 0.6) is 0 Å². The molecular formula is C19H19N3O4. The molecule has 2 N–H and O–H groups in total. The zero-order valence-corrected chi connectivity index (χ0v) is 14.1. The Morgan fingerprint density at radius 1 is 0.846 bits per heavy atom. The number of carbonyl (C=O) groups is 2. The molecule has 7 heteroatoms. The molecule has 0 radical (unpaired) electrons. The van der Waals surface area contributed by atoms with Gasteiger partial charge in [0.05, 0.1) is 32.2 Å². The first-order chi connectivity index (χ1) is 12.7. The Balaban J connectivity index is 1.56. The molecule has 3 aromatic rings. The Hall–Kier alpha value is -3.32. The minimum absolute atomic E-state index is 0.0175. The van der Waals surface area contributed by atoms with E-state index in [1.807, 2.05) is 23.1 Å². The molecule has 0 aliphatic heterocycles. The molecule has 0 spiro atoms. The van der Waals surface area contributed by atoms with Gasteiger partial charge in [0.2, 0.25) is 5.91 Å². The molecule has 26 heavy (non-hydrogen) atoms. The van der Waals surface area contributed by atoms with E-state index in [-0.39, 0.29) is 6.54 Å². The van der Waals surface area contributed by atoms with Crippen molar-refractivity contribution in [3.8, 4) is 0 Å². The maximum absolute atomic E-state index is 12.2. The van der Waals surface area contributed by atoms with Crippen molar-refractivity contribution in [2.75, 3.05) is 11.9 Å². The van der Waals surface area contributed by atoms with Gasteiger partial charge >= 0.3 is 6.03 Å². The highest BCUT2D eigenvalue weighted by molar-refractivity contribution is 6.01. The van der Waals surface area contributed by atoms with Crippen molar-refractivity contribution in [2.45, 2.75) is 13.1 Å². The lowest BCUT2D eigenvalue weighted by atomic mass is 10.3. The van der Waals surface area contributed by atoms with E-state index < -0.39 is 11.9 Å². The van der Waals surface area contributed by atoms with Gasteiger partial charge in [-0.3, -0.25) is 15.0 Å². The van der Waals surface area contributed by atoms with E-state index in [1.165, 1.54) is 0 Å². The van der Waals surface area contributed by atoms with Crippen LogP contribution in [0.25, 0.3) is 0 Å². The number of urea groups is 1. The number of hydrogen-bond donors (Lipinski definition) is 2. The first kappa shape index (κ1) is 17.5. The van der Waals surface area contributed by atoms with E-state index in [1.54, 1.807) is 48.9 Å². The Labute approximate surface area is 150 Å². The molecule has 0 saturated heterocycles. The summed E-state index contributed by atoms with van der Waals surface area (Å²) in [6.45, 7) is 0.854. The van der Waals surface area contributed by atoms with Crippen LogP contribution >= 0.6 is 0 Å². The molecule has 0 aliphatic rings. The van der Waals surface area contributed by atoms with Gasteiger partial charge < -0.3 is 14.2 Å². The quantitative estimate of drug-likeness (QED) is 0.681. The summed E-state index contributed by atoms with van der Waals surface area (Å²) >= 11 is 0. The monoisotopic (exact) mass is 353 g/mol. The van der Waals surface area contributed by atoms with Gasteiger partial charge in [0, 0.05) is 5.69 Å². The van der Waals surface area contributed by atoms with Crippen LogP contribution in [-0.4, -0.2) is 23.4 Å². The number of carbonyl (C=O) groups excluding carboxylic acids is 2. The number of nitrogens with zero attached hydrogens (tertiary/aromatic N) is 1. The number of furan rings is 2. The van der Waals surface area contributed by atoms with E-state index in [0.717, 1.165) is 11.5 Å². The van der Waals surface area contributed by atoms with Crippen molar-refractivity contribution in [1.82, 2.24) is 10.2 Å². The summed E-state index contributed by atoms with van der Waals surface area (Å²) in [4.78, 5) is 26.0. The summed E-state index contributed by atoms with van der Waals surface area (Å²) in [5.41, 5.74) is 0.612. The first-order valence-corrected chi connectivity index (χ1v) is 8.12. The summed E-state index contributed by atoms with van der Waals surface area (Å²) in [6, 6.07) is 15.6. The van der Waals surface area contributed by atoms with Crippen molar-refractivity contribution in [3.05, 3.63) is 78.6 Å². The normalized spacial score (nSPS) is 10.7. The van der Waals surface area contributed by atoms with Gasteiger partial charge in [-0.15, -0.1) is 0 Å². The Morgan fingerprint density at radius 2 is 1.46 bits per heavy atom. The number of hydrogen-bond acceptors (Lipinski definition) is 5. The molecule has 7 nitrogen and oxygen atoms in total. The van der Waals surface area contributed by atoms with Gasteiger partial charge in [0.25, 0.3) is 0 Å². The van der Waals surface area contributed by atoms with Crippen LogP contribution in [0.1, 0.15) is 11.5 Å². The summed E-state index contributed by atoms with van der Waals surface area (Å²) < 4.78 is 10.7. The van der Waals surface area contributed by atoms with Gasteiger partial charge in [-0.25, -0.2) is 4.79 Å². The van der Waals surface area contributed by atoms with Gasteiger partial charge in [0.1, 0.15) is 11.5 Å².